The van der Waals surface area contributed by atoms with Crippen molar-refractivity contribution < 1.29 is 27.6 Å². The van der Waals surface area contributed by atoms with E-state index in [9.17, 15) is 14.2 Å². The first kappa shape index (κ1) is 29.3. The summed E-state index contributed by atoms with van der Waals surface area (Å²) in [7, 11) is -3.75. The maximum atomic E-state index is 13.7. The van der Waals surface area contributed by atoms with Gasteiger partial charge in [0.2, 0.25) is 17.2 Å². The van der Waals surface area contributed by atoms with Gasteiger partial charge in [0, 0.05) is 18.7 Å². The fraction of sp³-hybridized carbons (Fsp3) is 0.345. The minimum atomic E-state index is -3.75. The van der Waals surface area contributed by atoms with Crippen LogP contribution in [-0.4, -0.2) is 43.1 Å². The summed E-state index contributed by atoms with van der Waals surface area (Å²) in [5.74, 6) is -0.466. The van der Waals surface area contributed by atoms with E-state index in [1.54, 1.807) is 44.2 Å². The normalized spacial score (nSPS) is 14.2. The molecule has 1 saturated heterocycles. The van der Waals surface area contributed by atoms with Gasteiger partial charge in [-0.25, -0.2) is 4.98 Å². The van der Waals surface area contributed by atoms with E-state index in [1.807, 2.05) is 41.3 Å². The van der Waals surface area contributed by atoms with Crippen molar-refractivity contribution in [1.82, 2.24) is 15.6 Å². The van der Waals surface area contributed by atoms with Gasteiger partial charge in [-0.2, -0.15) is 0 Å². The van der Waals surface area contributed by atoms with Gasteiger partial charge in [-0.3, -0.25) is 14.2 Å². The molecule has 4 rings (SSSR count). The minimum absolute atomic E-state index is 0.0531. The zero-order chi connectivity index (χ0) is 28.4. The van der Waals surface area contributed by atoms with E-state index >= 15 is 0 Å². The van der Waals surface area contributed by atoms with Gasteiger partial charge in [-0.15, -0.1) is 0 Å². The number of hydrogen-bond acceptors (Lipinski definition) is 8. The largest absolute Gasteiger partial charge is 0.422 e. The second kappa shape index (κ2) is 14.1. The Bertz CT molecular complexity index is 1340. The van der Waals surface area contributed by atoms with E-state index < -0.39 is 19.4 Å². The molecule has 212 valence electrons. The molecule has 40 heavy (non-hydrogen) atoms. The Morgan fingerprint density at radius 3 is 2.23 bits per heavy atom. The maximum Gasteiger partial charge on any atom is 0.385 e. The van der Waals surface area contributed by atoms with Crippen LogP contribution in [0, 0.1) is 0 Å². The number of aromatic nitrogens is 1. The van der Waals surface area contributed by atoms with Gasteiger partial charge in [0.15, 0.2) is 0 Å². The molecular weight excluding hydrogens is 531 g/mol. The van der Waals surface area contributed by atoms with Crippen LogP contribution in [0.25, 0.3) is 6.08 Å². The summed E-state index contributed by atoms with van der Waals surface area (Å²) in [5.41, 5.74) is 1.32. The van der Waals surface area contributed by atoms with Gasteiger partial charge in [-0.05, 0) is 56.9 Å². The Hall–Kier alpha value is -3.72. The predicted molar refractivity (Wildman–Crippen MR) is 153 cm³/mol. The predicted octanol–water partition coefficient (Wildman–Crippen LogP) is 4.64. The highest BCUT2D eigenvalue weighted by molar-refractivity contribution is 7.62. The Labute approximate surface area is 234 Å². The molecule has 0 unspecified atom stereocenters. The molecule has 0 saturated carbocycles. The van der Waals surface area contributed by atoms with E-state index in [2.05, 4.69) is 15.6 Å². The highest BCUT2D eigenvalue weighted by atomic mass is 31.2. The van der Waals surface area contributed by atoms with Gasteiger partial charge < -0.3 is 29.0 Å². The van der Waals surface area contributed by atoms with Crippen molar-refractivity contribution in [1.29, 1.82) is 0 Å². The first-order chi connectivity index (χ1) is 19.4. The van der Waals surface area contributed by atoms with Crippen LogP contribution in [0.1, 0.15) is 54.9 Å². The summed E-state index contributed by atoms with van der Waals surface area (Å²) in [4.78, 5) is 32.6. The third kappa shape index (κ3) is 7.47. The first-order valence-electron chi connectivity index (χ1n) is 13.5. The van der Waals surface area contributed by atoms with Gasteiger partial charge in [0.05, 0.1) is 19.8 Å². The molecule has 3 aromatic rings. The summed E-state index contributed by atoms with van der Waals surface area (Å²) >= 11 is 0. The van der Waals surface area contributed by atoms with Crippen molar-refractivity contribution >= 4 is 36.8 Å². The number of carbonyl (C=O) groups is 2. The van der Waals surface area contributed by atoms with E-state index in [-0.39, 0.29) is 36.8 Å². The summed E-state index contributed by atoms with van der Waals surface area (Å²) in [5, 5.41) is 5.48. The highest BCUT2D eigenvalue weighted by Gasteiger charge is 2.37. The lowest BCUT2D eigenvalue weighted by Crippen LogP contribution is -2.34. The topological polar surface area (TPSA) is 123 Å². The molecule has 0 spiro atoms. The number of hydrogen-bond donors (Lipinski definition) is 2. The molecule has 2 amide bonds. The van der Waals surface area contributed by atoms with Crippen LogP contribution in [0.2, 0.25) is 0 Å². The van der Waals surface area contributed by atoms with E-state index in [1.165, 1.54) is 0 Å². The average molecular weight is 567 g/mol. The van der Waals surface area contributed by atoms with E-state index in [0.29, 0.717) is 11.4 Å². The molecule has 2 heterocycles. The van der Waals surface area contributed by atoms with Crippen LogP contribution >= 0.6 is 7.60 Å². The van der Waals surface area contributed by atoms with Gasteiger partial charge in [0.1, 0.15) is 5.70 Å². The molecule has 1 aliphatic heterocycles. The highest BCUT2D eigenvalue weighted by Crippen LogP contribution is 2.49. The fourth-order valence-electron chi connectivity index (χ4n) is 4.31. The van der Waals surface area contributed by atoms with Crippen LogP contribution in [0.5, 0.6) is 0 Å². The molecule has 2 aromatic carbocycles. The standard InChI is InChI=1S/C29H35N4O6P/c1-3-37-40(36,38-4-2)28-29(33-18-12-7-13-19-33)39-25(32-28)21-30-27(35)24(20-22-14-8-5-9-15-22)31-26(34)23-16-10-6-11-17-23/h5-6,8-11,14-17,20H,3-4,7,12-13,18-19,21H2,1-2H3,(H,30,35)(H,31,34)/b24-20+. The molecule has 2 N–H and O–H groups in total. The van der Waals surface area contributed by atoms with E-state index in [4.69, 9.17) is 13.5 Å². The van der Waals surface area contributed by atoms with Crippen molar-refractivity contribution in [2.45, 2.75) is 39.7 Å². The number of oxazole rings is 1. The Morgan fingerprint density at radius 1 is 0.975 bits per heavy atom. The summed E-state index contributed by atoms with van der Waals surface area (Å²) in [6.45, 7) is 5.15. The smallest absolute Gasteiger partial charge is 0.385 e. The summed E-state index contributed by atoms with van der Waals surface area (Å²) < 4.78 is 30.8. The van der Waals surface area contributed by atoms with Crippen LogP contribution in [0.3, 0.4) is 0 Å². The number of nitrogens with one attached hydrogen (secondary N) is 2. The monoisotopic (exact) mass is 566 g/mol. The van der Waals surface area contributed by atoms with Crippen molar-refractivity contribution in [2.24, 2.45) is 0 Å². The first-order valence-corrected chi connectivity index (χ1v) is 15.0. The number of amides is 2. The van der Waals surface area contributed by atoms with Crippen molar-refractivity contribution in [3.8, 4) is 0 Å². The molecule has 0 bridgehead atoms. The lowest BCUT2D eigenvalue weighted by Gasteiger charge is -2.27. The zero-order valence-corrected chi connectivity index (χ0v) is 23.7. The van der Waals surface area contributed by atoms with Crippen LogP contribution in [-0.2, 0) is 25.0 Å². The van der Waals surface area contributed by atoms with Crippen molar-refractivity contribution in [2.75, 3.05) is 31.2 Å². The third-order valence-corrected chi connectivity index (χ3v) is 8.18. The second-order valence-corrected chi connectivity index (χ2v) is 11.0. The molecule has 10 nitrogen and oxygen atoms in total. The molecule has 0 aliphatic carbocycles. The molecule has 0 atom stereocenters. The number of rotatable bonds is 12. The third-order valence-electron chi connectivity index (χ3n) is 6.18. The lowest BCUT2D eigenvalue weighted by molar-refractivity contribution is -0.118. The van der Waals surface area contributed by atoms with Crippen molar-refractivity contribution in [3.63, 3.8) is 0 Å². The second-order valence-electron chi connectivity index (χ2n) is 9.09. The number of carbonyl (C=O) groups excluding carboxylic acids is 2. The molecular formula is C29H35N4O6P. The molecule has 1 aliphatic rings. The van der Waals surface area contributed by atoms with Gasteiger partial charge in [0.25, 0.3) is 11.8 Å². The zero-order valence-electron chi connectivity index (χ0n) is 22.8. The maximum absolute atomic E-state index is 13.7. The van der Waals surface area contributed by atoms with Crippen molar-refractivity contribution in [3.05, 3.63) is 83.4 Å². The number of nitrogens with zero attached hydrogens (tertiary/aromatic N) is 2. The minimum Gasteiger partial charge on any atom is -0.422 e. The lowest BCUT2D eigenvalue weighted by atomic mass is 10.1. The number of anilines is 1. The Balaban J connectivity index is 1.58. The molecule has 0 radical (unpaired) electrons. The Morgan fingerprint density at radius 2 is 1.60 bits per heavy atom. The summed E-state index contributed by atoms with van der Waals surface area (Å²) in [6, 6.07) is 17.8. The SMILES string of the molecule is CCOP(=O)(OCC)c1nc(CNC(=O)/C(=C\c2ccccc2)NC(=O)c2ccccc2)oc1N1CCCCC1. The Kier molecular flexibility index (Phi) is 10.3. The van der Waals surface area contributed by atoms with Crippen LogP contribution in [0.4, 0.5) is 5.88 Å². The van der Waals surface area contributed by atoms with Gasteiger partial charge >= 0.3 is 7.60 Å². The van der Waals surface area contributed by atoms with Crippen LogP contribution in [0.15, 0.2) is 70.8 Å². The molecule has 1 fully saturated rings. The van der Waals surface area contributed by atoms with Crippen LogP contribution < -0.4 is 21.0 Å². The number of benzene rings is 2. The summed E-state index contributed by atoms with van der Waals surface area (Å²) in [6.07, 6.45) is 4.63. The molecule has 1 aromatic heterocycles. The van der Waals surface area contributed by atoms with Gasteiger partial charge in [-0.1, -0.05) is 48.5 Å². The average Bonchev–Trinajstić information content (AvgIpc) is 3.43. The van der Waals surface area contributed by atoms with E-state index in [0.717, 1.165) is 37.9 Å². The fourth-order valence-corrected chi connectivity index (χ4v) is 5.97. The number of piperidine rings is 1. The quantitative estimate of drug-likeness (QED) is 0.240. The molecule has 11 heteroatoms.